The molecule has 0 bridgehead atoms. The fraction of sp³-hybridized carbons (Fsp3) is 0. The molecule has 2 aromatic heterocycles. The molecule has 0 aliphatic heterocycles. The minimum absolute atomic E-state index is 0.214. The molecule has 1 amide bonds. The first kappa shape index (κ1) is 12.4. The summed E-state index contributed by atoms with van der Waals surface area (Å²) in [4.78, 5) is 16.1. The predicted octanol–water partition coefficient (Wildman–Crippen LogP) is 2.63. The molecule has 0 aliphatic carbocycles. The second kappa shape index (κ2) is 5.14. The van der Waals surface area contributed by atoms with Crippen molar-refractivity contribution in [1.82, 2.24) is 10.1 Å². The molecule has 3 aromatic rings. The Morgan fingerprint density at radius 3 is 3.00 bits per heavy atom. The largest absolute Gasteiger partial charge is 0.399 e. The van der Waals surface area contributed by atoms with Gasteiger partial charge in [-0.1, -0.05) is 17.3 Å². The van der Waals surface area contributed by atoms with Gasteiger partial charge in [0.05, 0.1) is 5.69 Å². The Morgan fingerprint density at radius 2 is 2.25 bits per heavy atom. The number of anilines is 2. The molecule has 3 N–H and O–H groups in total. The summed E-state index contributed by atoms with van der Waals surface area (Å²) in [6.07, 6.45) is 1.34. The van der Waals surface area contributed by atoms with E-state index in [9.17, 15) is 4.79 Å². The van der Waals surface area contributed by atoms with Crippen LogP contribution in [0, 0.1) is 0 Å². The number of carbonyl (C=O) groups is 1. The van der Waals surface area contributed by atoms with Crippen molar-refractivity contribution in [3.05, 3.63) is 47.7 Å². The van der Waals surface area contributed by atoms with Crippen molar-refractivity contribution in [2.45, 2.75) is 0 Å². The molecule has 0 saturated heterocycles. The Balaban J connectivity index is 1.79. The Bertz CT molecular complexity index is 736. The molecule has 3 rings (SSSR count). The molecule has 0 spiro atoms. The lowest BCUT2D eigenvalue weighted by Gasteiger charge is -1.98. The SMILES string of the molecule is Nc1cccc(-c2csc(NC(=O)c3ccon3)n2)c1. The lowest BCUT2D eigenvalue weighted by atomic mass is 10.1. The fourth-order valence-electron chi connectivity index (χ4n) is 1.65. The number of hydrogen-bond donors (Lipinski definition) is 2. The topological polar surface area (TPSA) is 94.0 Å². The van der Waals surface area contributed by atoms with Gasteiger partial charge in [0.15, 0.2) is 10.8 Å². The summed E-state index contributed by atoms with van der Waals surface area (Å²) >= 11 is 1.33. The summed E-state index contributed by atoms with van der Waals surface area (Å²) in [7, 11) is 0. The van der Waals surface area contributed by atoms with E-state index in [2.05, 4.69) is 20.0 Å². The van der Waals surface area contributed by atoms with Crippen LogP contribution in [0.25, 0.3) is 11.3 Å². The summed E-state index contributed by atoms with van der Waals surface area (Å²) in [6.45, 7) is 0. The number of hydrogen-bond acceptors (Lipinski definition) is 6. The van der Waals surface area contributed by atoms with Gasteiger partial charge >= 0.3 is 0 Å². The lowest BCUT2D eigenvalue weighted by molar-refractivity contribution is 0.101. The van der Waals surface area contributed by atoms with Crippen molar-refractivity contribution in [1.29, 1.82) is 0 Å². The maximum atomic E-state index is 11.8. The number of benzene rings is 1. The van der Waals surface area contributed by atoms with Crippen LogP contribution in [0.15, 0.2) is 46.5 Å². The van der Waals surface area contributed by atoms with Gasteiger partial charge in [0, 0.05) is 22.7 Å². The zero-order valence-corrected chi connectivity index (χ0v) is 11.1. The van der Waals surface area contributed by atoms with Crippen LogP contribution in [0.4, 0.5) is 10.8 Å². The highest BCUT2D eigenvalue weighted by molar-refractivity contribution is 7.14. The van der Waals surface area contributed by atoms with Gasteiger partial charge in [-0.3, -0.25) is 10.1 Å². The fourth-order valence-corrected chi connectivity index (χ4v) is 2.37. The Morgan fingerprint density at radius 1 is 1.35 bits per heavy atom. The van der Waals surface area contributed by atoms with E-state index in [4.69, 9.17) is 5.73 Å². The summed E-state index contributed by atoms with van der Waals surface area (Å²) in [5.74, 6) is -0.354. The molecule has 0 fully saturated rings. The van der Waals surface area contributed by atoms with Crippen molar-refractivity contribution in [3.63, 3.8) is 0 Å². The van der Waals surface area contributed by atoms with Crippen LogP contribution in [0.2, 0.25) is 0 Å². The molecule has 0 atom stereocenters. The number of thiazole rings is 1. The van der Waals surface area contributed by atoms with Crippen LogP contribution in [0.5, 0.6) is 0 Å². The average Bonchev–Trinajstić information content (AvgIpc) is 3.10. The number of carbonyl (C=O) groups excluding carboxylic acids is 1. The van der Waals surface area contributed by atoms with Gasteiger partial charge in [0.2, 0.25) is 0 Å². The number of rotatable bonds is 3. The molecule has 7 heteroatoms. The number of aromatic nitrogens is 2. The average molecular weight is 286 g/mol. The van der Waals surface area contributed by atoms with Crippen LogP contribution in [0.1, 0.15) is 10.5 Å². The number of nitrogens with one attached hydrogen (secondary N) is 1. The molecule has 2 heterocycles. The highest BCUT2D eigenvalue weighted by Crippen LogP contribution is 2.26. The molecular formula is C13H10N4O2S. The summed E-state index contributed by atoms with van der Waals surface area (Å²) < 4.78 is 4.62. The van der Waals surface area contributed by atoms with Crippen LogP contribution < -0.4 is 11.1 Å². The molecule has 0 radical (unpaired) electrons. The standard InChI is InChI=1S/C13H10N4O2S/c14-9-3-1-2-8(6-9)11-7-20-13(15-11)16-12(18)10-4-5-19-17-10/h1-7H,14H2,(H,15,16,18). The molecule has 1 aromatic carbocycles. The number of nitrogens with zero attached hydrogens (tertiary/aromatic N) is 2. The molecular weight excluding hydrogens is 276 g/mol. The van der Waals surface area contributed by atoms with Gasteiger partial charge in [0.1, 0.15) is 6.26 Å². The van der Waals surface area contributed by atoms with Crippen LogP contribution >= 0.6 is 11.3 Å². The summed E-state index contributed by atoms with van der Waals surface area (Å²) in [5, 5.41) is 8.58. The van der Waals surface area contributed by atoms with E-state index in [-0.39, 0.29) is 11.6 Å². The first-order valence-electron chi connectivity index (χ1n) is 5.75. The van der Waals surface area contributed by atoms with E-state index in [0.29, 0.717) is 10.8 Å². The summed E-state index contributed by atoms with van der Waals surface area (Å²) in [5.41, 5.74) is 8.29. The molecule has 6 nitrogen and oxygen atoms in total. The second-order valence-electron chi connectivity index (χ2n) is 4.00. The Labute approximate surface area is 118 Å². The van der Waals surface area contributed by atoms with Gasteiger partial charge in [-0.25, -0.2) is 4.98 Å². The van der Waals surface area contributed by atoms with Crippen LogP contribution in [-0.4, -0.2) is 16.0 Å². The van der Waals surface area contributed by atoms with Crippen LogP contribution in [0.3, 0.4) is 0 Å². The van der Waals surface area contributed by atoms with Gasteiger partial charge in [-0.2, -0.15) is 0 Å². The van der Waals surface area contributed by atoms with Gasteiger partial charge in [-0.05, 0) is 12.1 Å². The predicted molar refractivity (Wildman–Crippen MR) is 76.4 cm³/mol. The number of amides is 1. The monoisotopic (exact) mass is 286 g/mol. The van der Waals surface area contributed by atoms with Crippen molar-refractivity contribution in [2.24, 2.45) is 0 Å². The molecule has 100 valence electrons. The highest BCUT2D eigenvalue weighted by atomic mass is 32.1. The Kier molecular flexibility index (Phi) is 3.18. The van der Waals surface area contributed by atoms with E-state index in [1.54, 1.807) is 0 Å². The Hall–Kier alpha value is -2.67. The van der Waals surface area contributed by atoms with Crippen molar-refractivity contribution in [2.75, 3.05) is 11.1 Å². The number of nitrogens with two attached hydrogens (primary N) is 1. The quantitative estimate of drug-likeness (QED) is 0.722. The molecule has 0 saturated carbocycles. The van der Waals surface area contributed by atoms with E-state index in [1.807, 2.05) is 29.6 Å². The molecule has 0 aliphatic rings. The van der Waals surface area contributed by atoms with E-state index >= 15 is 0 Å². The van der Waals surface area contributed by atoms with Crippen LogP contribution in [-0.2, 0) is 0 Å². The van der Waals surface area contributed by atoms with Gasteiger partial charge < -0.3 is 10.3 Å². The third-order valence-electron chi connectivity index (χ3n) is 2.58. The maximum Gasteiger partial charge on any atom is 0.279 e. The zero-order chi connectivity index (χ0) is 13.9. The van der Waals surface area contributed by atoms with Gasteiger partial charge in [-0.15, -0.1) is 11.3 Å². The van der Waals surface area contributed by atoms with E-state index in [1.165, 1.54) is 23.7 Å². The third-order valence-corrected chi connectivity index (χ3v) is 3.34. The zero-order valence-electron chi connectivity index (χ0n) is 10.2. The lowest BCUT2D eigenvalue weighted by Crippen LogP contribution is -2.11. The highest BCUT2D eigenvalue weighted by Gasteiger charge is 2.12. The van der Waals surface area contributed by atoms with Crippen molar-refractivity contribution >= 4 is 28.1 Å². The minimum atomic E-state index is -0.354. The smallest absolute Gasteiger partial charge is 0.279 e. The normalized spacial score (nSPS) is 10.4. The first-order valence-corrected chi connectivity index (χ1v) is 6.63. The third kappa shape index (κ3) is 2.52. The van der Waals surface area contributed by atoms with E-state index < -0.39 is 0 Å². The molecule has 20 heavy (non-hydrogen) atoms. The minimum Gasteiger partial charge on any atom is -0.399 e. The first-order chi connectivity index (χ1) is 9.72. The van der Waals surface area contributed by atoms with E-state index in [0.717, 1.165) is 11.3 Å². The number of nitrogen functional groups attached to an aromatic ring is 1. The van der Waals surface area contributed by atoms with Crippen molar-refractivity contribution in [3.8, 4) is 11.3 Å². The molecule has 0 unspecified atom stereocenters. The second-order valence-corrected chi connectivity index (χ2v) is 4.86. The maximum absolute atomic E-state index is 11.8. The van der Waals surface area contributed by atoms with Crippen molar-refractivity contribution < 1.29 is 9.32 Å². The summed E-state index contributed by atoms with van der Waals surface area (Å²) in [6, 6.07) is 8.90. The van der Waals surface area contributed by atoms with Gasteiger partial charge in [0.25, 0.3) is 5.91 Å².